The predicted octanol–water partition coefficient (Wildman–Crippen LogP) is 5.23. The Hall–Kier alpha value is -2.62. The van der Waals surface area contributed by atoms with E-state index in [1.807, 2.05) is 0 Å². The van der Waals surface area contributed by atoms with Gasteiger partial charge in [-0.05, 0) is 41.5 Å². The average Bonchev–Trinajstić information content (AvgIpc) is 3.01. The first-order chi connectivity index (χ1) is 13.8. The SMILES string of the molecule is CC(=O)NCCCCCc1nc2ccccc2n1Cc1ccc(C(C)(C)C)cc1. The Morgan fingerprint density at radius 3 is 2.41 bits per heavy atom. The highest BCUT2D eigenvalue weighted by Gasteiger charge is 2.14. The Balaban J connectivity index is 1.72. The maximum Gasteiger partial charge on any atom is 0.216 e. The largest absolute Gasteiger partial charge is 0.356 e. The second-order valence-electron chi connectivity index (χ2n) is 8.84. The molecule has 1 N–H and O–H groups in total. The van der Waals surface area contributed by atoms with E-state index in [0.717, 1.165) is 50.1 Å². The van der Waals surface area contributed by atoms with E-state index < -0.39 is 0 Å². The Labute approximate surface area is 174 Å². The molecule has 29 heavy (non-hydrogen) atoms. The van der Waals surface area contributed by atoms with E-state index in [-0.39, 0.29) is 11.3 Å². The number of nitrogens with one attached hydrogen (secondary N) is 1. The normalized spacial score (nSPS) is 11.7. The van der Waals surface area contributed by atoms with Gasteiger partial charge in [0.1, 0.15) is 5.82 Å². The summed E-state index contributed by atoms with van der Waals surface area (Å²) in [6.45, 7) is 9.90. The van der Waals surface area contributed by atoms with Crippen molar-refractivity contribution in [3.05, 3.63) is 65.5 Å². The molecule has 2 aromatic carbocycles. The average molecular weight is 392 g/mol. The van der Waals surface area contributed by atoms with Gasteiger partial charge in [-0.2, -0.15) is 0 Å². The van der Waals surface area contributed by atoms with E-state index in [1.165, 1.54) is 16.6 Å². The third kappa shape index (κ3) is 5.69. The molecular weight excluding hydrogens is 358 g/mol. The molecule has 0 radical (unpaired) electrons. The second kappa shape index (κ2) is 9.25. The molecule has 1 aromatic heterocycles. The molecule has 0 fully saturated rings. The van der Waals surface area contributed by atoms with Crippen LogP contribution in [0.1, 0.15) is 63.9 Å². The number of para-hydroxylation sites is 2. The van der Waals surface area contributed by atoms with Crippen molar-refractivity contribution in [3.63, 3.8) is 0 Å². The molecule has 0 aliphatic carbocycles. The summed E-state index contributed by atoms with van der Waals surface area (Å²) in [6.07, 6.45) is 4.12. The highest BCUT2D eigenvalue weighted by Crippen LogP contribution is 2.24. The van der Waals surface area contributed by atoms with Crippen LogP contribution < -0.4 is 5.32 Å². The lowest BCUT2D eigenvalue weighted by molar-refractivity contribution is -0.118. The topological polar surface area (TPSA) is 46.9 Å². The van der Waals surface area contributed by atoms with E-state index in [0.29, 0.717) is 0 Å². The van der Waals surface area contributed by atoms with Gasteiger partial charge in [0.05, 0.1) is 11.0 Å². The summed E-state index contributed by atoms with van der Waals surface area (Å²) >= 11 is 0. The lowest BCUT2D eigenvalue weighted by Gasteiger charge is -2.19. The van der Waals surface area contributed by atoms with Gasteiger partial charge in [0.25, 0.3) is 0 Å². The van der Waals surface area contributed by atoms with Crippen molar-refractivity contribution in [3.8, 4) is 0 Å². The molecule has 3 aromatic rings. The number of fused-ring (bicyclic) bond motifs is 1. The van der Waals surface area contributed by atoms with Crippen LogP contribution in [0.3, 0.4) is 0 Å². The van der Waals surface area contributed by atoms with Crippen molar-refractivity contribution < 1.29 is 4.79 Å². The second-order valence-corrected chi connectivity index (χ2v) is 8.84. The van der Waals surface area contributed by atoms with Crippen LogP contribution in [0, 0.1) is 0 Å². The van der Waals surface area contributed by atoms with Crippen LogP contribution in [0.4, 0.5) is 0 Å². The third-order valence-electron chi connectivity index (χ3n) is 5.35. The van der Waals surface area contributed by atoms with E-state index >= 15 is 0 Å². The number of benzene rings is 2. The van der Waals surface area contributed by atoms with Crippen LogP contribution in [0.25, 0.3) is 11.0 Å². The number of carbonyl (C=O) groups excluding carboxylic acids is 1. The van der Waals surface area contributed by atoms with Gasteiger partial charge in [0.2, 0.25) is 5.91 Å². The number of unbranched alkanes of at least 4 members (excludes halogenated alkanes) is 2. The number of amides is 1. The molecule has 3 rings (SSSR count). The first-order valence-electron chi connectivity index (χ1n) is 10.6. The van der Waals surface area contributed by atoms with E-state index in [4.69, 9.17) is 4.98 Å². The van der Waals surface area contributed by atoms with Gasteiger partial charge in [0.15, 0.2) is 0 Å². The lowest BCUT2D eigenvalue weighted by atomic mass is 9.87. The van der Waals surface area contributed by atoms with Gasteiger partial charge in [-0.25, -0.2) is 4.98 Å². The molecule has 0 spiro atoms. The van der Waals surface area contributed by atoms with E-state index in [2.05, 4.69) is 79.2 Å². The first kappa shape index (κ1) is 21.1. The van der Waals surface area contributed by atoms with Gasteiger partial charge in [0, 0.05) is 26.4 Å². The molecular formula is C25H33N3O. The van der Waals surface area contributed by atoms with Crippen molar-refractivity contribution >= 4 is 16.9 Å². The number of carbonyl (C=O) groups is 1. The fraction of sp³-hybridized carbons (Fsp3) is 0.440. The molecule has 0 saturated heterocycles. The summed E-state index contributed by atoms with van der Waals surface area (Å²) in [6, 6.07) is 17.4. The molecule has 0 aliphatic rings. The fourth-order valence-corrected chi connectivity index (χ4v) is 3.63. The minimum absolute atomic E-state index is 0.0456. The third-order valence-corrected chi connectivity index (χ3v) is 5.35. The quantitative estimate of drug-likeness (QED) is 0.534. The molecule has 1 amide bonds. The van der Waals surface area contributed by atoms with Gasteiger partial charge in [-0.1, -0.05) is 63.6 Å². The number of hydrogen-bond acceptors (Lipinski definition) is 2. The number of imidazole rings is 1. The Morgan fingerprint density at radius 2 is 1.72 bits per heavy atom. The van der Waals surface area contributed by atoms with Gasteiger partial charge < -0.3 is 9.88 Å². The molecule has 0 saturated carbocycles. The molecule has 0 aliphatic heterocycles. The first-order valence-corrected chi connectivity index (χ1v) is 10.6. The number of aryl methyl sites for hydroxylation is 1. The van der Waals surface area contributed by atoms with Crippen molar-refractivity contribution in [1.29, 1.82) is 0 Å². The Morgan fingerprint density at radius 1 is 1.00 bits per heavy atom. The molecule has 4 heteroatoms. The minimum Gasteiger partial charge on any atom is -0.356 e. The van der Waals surface area contributed by atoms with Gasteiger partial charge >= 0.3 is 0 Å². The molecule has 0 bridgehead atoms. The summed E-state index contributed by atoms with van der Waals surface area (Å²) in [4.78, 5) is 15.9. The molecule has 1 heterocycles. The van der Waals surface area contributed by atoms with Gasteiger partial charge in [-0.15, -0.1) is 0 Å². The molecule has 4 nitrogen and oxygen atoms in total. The van der Waals surface area contributed by atoms with Crippen molar-refractivity contribution in [1.82, 2.24) is 14.9 Å². The maximum absolute atomic E-state index is 11.0. The number of nitrogens with zero attached hydrogens (tertiary/aromatic N) is 2. The summed E-state index contributed by atoms with van der Waals surface area (Å²) in [5.41, 5.74) is 5.08. The zero-order valence-electron chi connectivity index (χ0n) is 18.2. The maximum atomic E-state index is 11.0. The summed E-state index contributed by atoms with van der Waals surface area (Å²) < 4.78 is 2.36. The van der Waals surface area contributed by atoms with Crippen molar-refractivity contribution in [2.24, 2.45) is 0 Å². The summed E-state index contributed by atoms with van der Waals surface area (Å²) in [5.74, 6) is 1.19. The zero-order valence-corrected chi connectivity index (χ0v) is 18.2. The molecule has 154 valence electrons. The summed E-state index contributed by atoms with van der Waals surface area (Å²) in [7, 11) is 0. The van der Waals surface area contributed by atoms with Crippen LogP contribution in [-0.4, -0.2) is 22.0 Å². The van der Waals surface area contributed by atoms with Gasteiger partial charge in [-0.3, -0.25) is 4.79 Å². The predicted molar refractivity (Wildman–Crippen MR) is 120 cm³/mol. The molecule has 0 unspecified atom stereocenters. The van der Waals surface area contributed by atoms with Crippen molar-refractivity contribution in [2.45, 2.75) is 65.3 Å². The van der Waals surface area contributed by atoms with Crippen LogP contribution in [-0.2, 0) is 23.2 Å². The Bertz CT molecular complexity index is 948. The van der Waals surface area contributed by atoms with E-state index in [9.17, 15) is 4.79 Å². The zero-order chi connectivity index (χ0) is 20.9. The lowest BCUT2D eigenvalue weighted by Crippen LogP contribution is -2.20. The fourth-order valence-electron chi connectivity index (χ4n) is 3.63. The van der Waals surface area contributed by atoms with Crippen LogP contribution >= 0.6 is 0 Å². The smallest absolute Gasteiger partial charge is 0.216 e. The van der Waals surface area contributed by atoms with E-state index in [1.54, 1.807) is 6.92 Å². The number of rotatable bonds is 8. The molecule has 0 atom stereocenters. The van der Waals surface area contributed by atoms with Crippen LogP contribution in [0.15, 0.2) is 48.5 Å². The minimum atomic E-state index is 0.0456. The highest BCUT2D eigenvalue weighted by atomic mass is 16.1. The summed E-state index contributed by atoms with van der Waals surface area (Å²) in [5, 5.41) is 2.86. The monoisotopic (exact) mass is 391 g/mol. The highest BCUT2D eigenvalue weighted by molar-refractivity contribution is 5.76. The van der Waals surface area contributed by atoms with Crippen LogP contribution in [0.5, 0.6) is 0 Å². The number of aromatic nitrogens is 2. The standard InChI is InChI=1S/C25H33N3O/c1-19(29)26-17-9-5-6-12-24-27-22-10-7-8-11-23(22)28(24)18-20-13-15-21(16-14-20)25(2,3)4/h7-8,10-11,13-16H,5-6,9,12,17-18H2,1-4H3,(H,26,29). The number of hydrogen-bond donors (Lipinski definition) is 1. The van der Waals surface area contributed by atoms with Crippen LogP contribution in [0.2, 0.25) is 0 Å². The van der Waals surface area contributed by atoms with Crippen molar-refractivity contribution in [2.75, 3.05) is 6.54 Å². The Kier molecular flexibility index (Phi) is 6.73.